The van der Waals surface area contributed by atoms with Gasteiger partial charge in [-0.05, 0) is 17.7 Å². The van der Waals surface area contributed by atoms with Crippen LogP contribution in [0.1, 0.15) is 12.5 Å². The summed E-state index contributed by atoms with van der Waals surface area (Å²) in [6.45, 7) is 1.35. The fourth-order valence-corrected chi connectivity index (χ4v) is 1.36. The first kappa shape index (κ1) is 12.0. The normalized spacial score (nSPS) is 11.8. The molecule has 5 nitrogen and oxygen atoms in total. The van der Waals surface area contributed by atoms with E-state index in [1.54, 1.807) is 24.3 Å². The van der Waals surface area contributed by atoms with Gasteiger partial charge in [0.1, 0.15) is 6.04 Å². The maximum absolute atomic E-state index is 11.1. The van der Waals surface area contributed by atoms with Crippen molar-refractivity contribution in [3.05, 3.63) is 29.8 Å². The Balaban J connectivity index is 2.71. The van der Waals surface area contributed by atoms with Crippen LogP contribution in [0, 0.1) is 0 Å². The van der Waals surface area contributed by atoms with Crippen molar-refractivity contribution in [1.29, 1.82) is 0 Å². The largest absolute Gasteiger partial charge is 0.399 e. The van der Waals surface area contributed by atoms with E-state index in [-0.39, 0.29) is 5.91 Å². The highest BCUT2D eigenvalue weighted by molar-refractivity contribution is 5.85. The van der Waals surface area contributed by atoms with E-state index in [0.29, 0.717) is 12.1 Å². The van der Waals surface area contributed by atoms with Gasteiger partial charge in [0.15, 0.2) is 0 Å². The predicted octanol–water partition coefficient (Wildman–Crippen LogP) is -0.199. The number of hydrogen-bond donors (Lipinski definition) is 3. The Morgan fingerprint density at radius 1 is 1.31 bits per heavy atom. The van der Waals surface area contributed by atoms with Crippen molar-refractivity contribution < 1.29 is 9.59 Å². The second-order valence-corrected chi connectivity index (χ2v) is 3.60. The number of nitrogens with two attached hydrogens (primary N) is 2. The lowest BCUT2D eigenvalue weighted by atomic mass is 10.1. The molecule has 1 aromatic carbocycles. The molecule has 0 bridgehead atoms. The summed E-state index contributed by atoms with van der Waals surface area (Å²) in [4.78, 5) is 22.0. The first-order valence-electron chi connectivity index (χ1n) is 4.90. The predicted molar refractivity (Wildman–Crippen MR) is 61.4 cm³/mol. The molecule has 0 fully saturated rings. The molecule has 0 spiro atoms. The summed E-state index contributed by atoms with van der Waals surface area (Å²) in [6.07, 6.45) is 0.370. The zero-order chi connectivity index (χ0) is 12.1. The molecule has 0 heterocycles. The van der Waals surface area contributed by atoms with Gasteiger partial charge in [0.25, 0.3) is 0 Å². The number of carbonyl (C=O) groups is 2. The highest BCUT2D eigenvalue weighted by atomic mass is 16.2. The van der Waals surface area contributed by atoms with E-state index in [1.165, 1.54) is 6.92 Å². The third kappa shape index (κ3) is 3.61. The van der Waals surface area contributed by atoms with Crippen molar-refractivity contribution in [1.82, 2.24) is 5.32 Å². The molecule has 1 aromatic rings. The Morgan fingerprint density at radius 2 is 1.88 bits per heavy atom. The van der Waals surface area contributed by atoms with Gasteiger partial charge >= 0.3 is 0 Å². The number of amides is 2. The van der Waals surface area contributed by atoms with Crippen LogP contribution < -0.4 is 16.8 Å². The monoisotopic (exact) mass is 221 g/mol. The molecule has 0 aliphatic heterocycles. The van der Waals surface area contributed by atoms with Crippen molar-refractivity contribution in [2.75, 3.05) is 5.73 Å². The van der Waals surface area contributed by atoms with Gasteiger partial charge in [0.05, 0.1) is 0 Å². The maximum Gasteiger partial charge on any atom is 0.240 e. The molecule has 0 saturated heterocycles. The number of carbonyl (C=O) groups excluding carboxylic acids is 2. The van der Waals surface area contributed by atoms with E-state index in [9.17, 15) is 9.59 Å². The molecule has 1 atom stereocenters. The number of nitrogen functional groups attached to an aromatic ring is 1. The van der Waals surface area contributed by atoms with Gasteiger partial charge in [-0.3, -0.25) is 9.59 Å². The number of nitrogens with one attached hydrogen (secondary N) is 1. The minimum atomic E-state index is -0.680. The van der Waals surface area contributed by atoms with E-state index in [0.717, 1.165) is 5.56 Å². The SMILES string of the molecule is CC(=O)N[C@@H](Cc1ccc(N)cc1)C(N)=O. The van der Waals surface area contributed by atoms with Gasteiger partial charge in [-0.1, -0.05) is 12.1 Å². The van der Waals surface area contributed by atoms with E-state index < -0.39 is 11.9 Å². The van der Waals surface area contributed by atoms with Crippen LogP contribution in [0.25, 0.3) is 0 Å². The van der Waals surface area contributed by atoms with Crippen LogP contribution in [-0.4, -0.2) is 17.9 Å². The van der Waals surface area contributed by atoms with Gasteiger partial charge in [-0.25, -0.2) is 0 Å². The Kier molecular flexibility index (Phi) is 3.88. The molecule has 0 aliphatic rings. The summed E-state index contributed by atoms with van der Waals surface area (Å²) < 4.78 is 0. The average Bonchev–Trinajstić information content (AvgIpc) is 2.19. The summed E-state index contributed by atoms with van der Waals surface area (Å²) in [5.41, 5.74) is 12.3. The van der Waals surface area contributed by atoms with E-state index >= 15 is 0 Å². The molecular formula is C11H15N3O2. The van der Waals surface area contributed by atoms with Crippen LogP contribution in [0.4, 0.5) is 5.69 Å². The van der Waals surface area contributed by atoms with Crippen molar-refractivity contribution in [3.63, 3.8) is 0 Å². The lowest BCUT2D eigenvalue weighted by Crippen LogP contribution is -2.44. The van der Waals surface area contributed by atoms with Gasteiger partial charge < -0.3 is 16.8 Å². The third-order valence-corrected chi connectivity index (χ3v) is 2.14. The smallest absolute Gasteiger partial charge is 0.240 e. The highest BCUT2D eigenvalue weighted by Crippen LogP contribution is 2.07. The van der Waals surface area contributed by atoms with E-state index in [1.807, 2.05) is 0 Å². The Hall–Kier alpha value is -2.04. The van der Waals surface area contributed by atoms with Crippen LogP contribution >= 0.6 is 0 Å². The fourth-order valence-electron chi connectivity index (χ4n) is 1.36. The molecule has 86 valence electrons. The number of rotatable bonds is 4. The molecule has 16 heavy (non-hydrogen) atoms. The molecule has 0 aliphatic carbocycles. The number of benzene rings is 1. The lowest BCUT2D eigenvalue weighted by molar-refractivity contribution is -0.126. The topological polar surface area (TPSA) is 98.2 Å². The first-order chi connectivity index (χ1) is 7.49. The van der Waals surface area contributed by atoms with Gasteiger partial charge in [-0.2, -0.15) is 0 Å². The third-order valence-electron chi connectivity index (χ3n) is 2.14. The Labute approximate surface area is 93.8 Å². The number of primary amides is 1. The lowest BCUT2D eigenvalue weighted by Gasteiger charge is -2.14. The van der Waals surface area contributed by atoms with Gasteiger partial charge in [0.2, 0.25) is 11.8 Å². The Morgan fingerprint density at radius 3 is 2.31 bits per heavy atom. The summed E-state index contributed by atoms with van der Waals surface area (Å²) in [7, 11) is 0. The zero-order valence-electron chi connectivity index (χ0n) is 9.07. The van der Waals surface area contributed by atoms with Crippen molar-refractivity contribution in [3.8, 4) is 0 Å². The molecule has 5 N–H and O–H groups in total. The molecular weight excluding hydrogens is 206 g/mol. The first-order valence-corrected chi connectivity index (χ1v) is 4.90. The summed E-state index contributed by atoms with van der Waals surface area (Å²) in [6, 6.07) is 6.39. The zero-order valence-corrected chi connectivity index (χ0v) is 9.07. The molecule has 0 unspecified atom stereocenters. The molecule has 2 amide bonds. The van der Waals surface area contributed by atoms with Crippen LogP contribution in [0.15, 0.2) is 24.3 Å². The van der Waals surface area contributed by atoms with Crippen LogP contribution in [-0.2, 0) is 16.0 Å². The summed E-state index contributed by atoms with van der Waals surface area (Å²) >= 11 is 0. The fraction of sp³-hybridized carbons (Fsp3) is 0.273. The van der Waals surface area contributed by atoms with E-state index in [4.69, 9.17) is 11.5 Å². The number of anilines is 1. The van der Waals surface area contributed by atoms with Crippen LogP contribution in [0.3, 0.4) is 0 Å². The second kappa shape index (κ2) is 5.16. The second-order valence-electron chi connectivity index (χ2n) is 3.60. The van der Waals surface area contributed by atoms with Crippen LogP contribution in [0.2, 0.25) is 0 Å². The summed E-state index contributed by atoms with van der Waals surface area (Å²) in [5, 5.41) is 2.50. The highest BCUT2D eigenvalue weighted by Gasteiger charge is 2.16. The van der Waals surface area contributed by atoms with Crippen LogP contribution in [0.5, 0.6) is 0 Å². The molecule has 0 saturated carbocycles. The average molecular weight is 221 g/mol. The van der Waals surface area contributed by atoms with Crippen molar-refractivity contribution in [2.45, 2.75) is 19.4 Å². The van der Waals surface area contributed by atoms with Crippen molar-refractivity contribution in [2.24, 2.45) is 5.73 Å². The standard InChI is InChI=1S/C11H15N3O2/c1-7(15)14-10(11(13)16)6-8-2-4-9(12)5-3-8/h2-5,10H,6,12H2,1H3,(H2,13,16)(H,14,15)/t10-/m0/s1. The number of hydrogen-bond acceptors (Lipinski definition) is 3. The minimum absolute atomic E-state index is 0.278. The molecule has 0 aromatic heterocycles. The molecule has 0 radical (unpaired) electrons. The minimum Gasteiger partial charge on any atom is -0.399 e. The maximum atomic E-state index is 11.1. The molecule has 5 heteroatoms. The van der Waals surface area contributed by atoms with Crippen molar-refractivity contribution >= 4 is 17.5 Å². The van der Waals surface area contributed by atoms with Gasteiger partial charge in [0, 0.05) is 19.0 Å². The van der Waals surface area contributed by atoms with E-state index in [2.05, 4.69) is 5.32 Å². The Bertz CT molecular complexity index is 387. The molecule has 1 rings (SSSR count). The van der Waals surface area contributed by atoms with Gasteiger partial charge in [-0.15, -0.1) is 0 Å². The quantitative estimate of drug-likeness (QED) is 0.614. The summed E-state index contributed by atoms with van der Waals surface area (Å²) in [5.74, 6) is -0.828.